The summed E-state index contributed by atoms with van der Waals surface area (Å²) in [7, 11) is 1.55. The van der Waals surface area contributed by atoms with Crippen molar-refractivity contribution in [1.82, 2.24) is 9.88 Å². The third-order valence-electron chi connectivity index (χ3n) is 5.20. The Balaban J connectivity index is 1.70. The van der Waals surface area contributed by atoms with Crippen molar-refractivity contribution in [2.75, 3.05) is 0 Å². The highest BCUT2D eigenvalue weighted by Crippen LogP contribution is 2.39. The molecule has 3 aromatic carbocycles. The number of nitro benzene ring substituents is 1. The molecule has 2 amide bonds. The van der Waals surface area contributed by atoms with Crippen LogP contribution in [-0.4, -0.2) is 26.4 Å². The number of benzene rings is 3. The van der Waals surface area contributed by atoms with Crippen molar-refractivity contribution >= 4 is 40.2 Å². The van der Waals surface area contributed by atoms with Crippen LogP contribution in [0.5, 0.6) is 5.88 Å². The minimum atomic E-state index is -0.875. The second kappa shape index (κ2) is 9.79. The number of carbonyl (C=O) groups is 2. The number of carbonyl (C=O) groups excluding carboxylic acids is 2. The van der Waals surface area contributed by atoms with Gasteiger partial charge in [0.05, 0.1) is 10.4 Å². The molecule has 2 N–H and O–H groups in total. The fourth-order valence-corrected chi connectivity index (χ4v) is 3.41. The number of aromatic nitrogens is 1. The van der Waals surface area contributed by atoms with Crippen LogP contribution in [0, 0.1) is 10.1 Å². The maximum absolute atomic E-state index is 13.0. The summed E-state index contributed by atoms with van der Waals surface area (Å²) in [5.41, 5.74) is 1.00. The Morgan fingerprint density at radius 1 is 1.03 bits per heavy atom. The largest absolute Gasteiger partial charge is 0.493 e. The van der Waals surface area contributed by atoms with Gasteiger partial charge in [0.1, 0.15) is 5.70 Å². The molecule has 0 radical (unpaired) electrons. The number of azo groups is 1. The van der Waals surface area contributed by atoms with Gasteiger partial charge in [0.15, 0.2) is 5.69 Å². The van der Waals surface area contributed by atoms with Crippen molar-refractivity contribution in [2.45, 2.75) is 0 Å². The molecular weight excluding hydrogens is 450 g/mol. The molecule has 0 bridgehead atoms. The van der Waals surface area contributed by atoms with Crippen LogP contribution in [-0.2, 0) is 11.8 Å². The Morgan fingerprint density at radius 3 is 2.34 bits per heavy atom. The molecule has 0 unspecified atom stereocenters. The van der Waals surface area contributed by atoms with Crippen LogP contribution in [0.15, 0.2) is 94.8 Å². The van der Waals surface area contributed by atoms with E-state index in [-0.39, 0.29) is 28.3 Å². The van der Waals surface area contributed by atoms with Gasteiger partial charge < -0.3 is 15.0 Å². The average molecular weight is 469 g/mol. The zero-order valence-corrected chi connectivity index (χ0v) is 18.5. The first kappa shape index (κ1) is 23.1. The van der Waals surface area contributed by atoms with Crippen LogP contribution in [0.2, 0.25) is 0 Å². The predicted molar refractivity (Wildman–Crippen MR) is 129 cm³/mol. The standard InChI is InChI=1S/C25H19N5O5/c1-29-21-13-12-18(30(34)35)15-19(21)22(25(29)33)27-28-24(32)20(14-16-8-4-2-5-9-16)26-23(31)17-10-6-3-7-11-17/h2-15,33H,1H3,(H,26,31). The number of nitro groups is 1. The molecule has 0 aliphatic rings. The molecular formula is C25H19N5O5. The minimum Gasteiger partial charge on any atom is -0.493 e. The van der Waals surface area contributed by atoms with Gasteiger partial charge in [-0.1, -0.05) is 48.5 Å². The molecule has 174 valence electrons. The van der Waals surface area contributed by atoms with Crippen molar-refractivity contribution in [3.63, 3.8) is 0 Å². The highest BCUT2D eigenvalue weighted by Gasteiger charge is 2.19. The molecule has 0 spiro atoms. The molecule has 4 rings (SSSR count). The van der Waals surface area contributed by atoms with E-state index in [1.807, 2.05) is 6.07 Å². The molecule has 1 aromatic heterocycles. The van der Waals surface area contributed by atoms with Crippen molar-refractivity contribution in [3.8, 4) is 5.88 Å². The Hall–Kier alpha value is -5.12. The number of aromatic hydroxyl groups is 1. The van der Waals surface area contributed by atoms with Gasteiger partial charge in [-0.25, -0.2) is 0 Å². The van der Waals surface area contributed by atoms with E-state index >= 15 is 0 Å². The fraction of sp³-hybridized carbons (Fsp3) is 0.0400. The Bertz CT molecular complexity index is 1490. The smallest absolute Gasteiger partial charge is 0.311 e. The summed E-state index contributed by atoms with van der Waals surface area (Å²) in [5.74, 6) is -1.71. The molecule has 10 heteroatoms. The van der Waals surface area contributed by atoms with Crippen LogP contribution in [0.25, 0.3) is 17.0 Å². The van der Waals surface area contributed by atoms with E-state index in [0.29, 0.717) is 16.6 Å². The van der Waals surface area contributed by atoms with E-state index in [1.165, 1.54) is 28.8 Å². The number of hydrogen-bond donors (Lipinski definition) is 2. The van der Waals surface area contributed by atoms with E-state index in [4.69, 9.17) is 0 Å². The number of rotatable bonds is 6. The van der Waals surface area contributed by atoms with Gasteiger partial charge in [-0.05, 0) is 29.8 Å². The number of aryl methyl sites for hydroxylation is 1. The lowest BCUT2D eigenvalue weighted by molar-refractivity contribution is -0.384. The van der Waals surface area contributed by atoms with Crippen LogP contribution in [0.1, 0.15) is 15.9 Å². The molecule has 0 aliphatic carbocycles. The lowest BCUT2D eigenvalue weighted by Crippen LogP contribution is -2.26. The van der Waals surface area contributed by atoms with Crippen molar-refractivity contribution < 1.29 is 19.6 Å². The first-order valence-corrected chi connectivity index (χ1v) is 10.4. The molecule has 10 nitrogen and oxygen atoms in total. The first-order valence-electron chi connectivity index (χ1n) is 10.4. The maximum Gasteiger partial charge on any atom is 0.311 e. The van der Waals surface area contributed by atoms with Crippen LogP contribution in [0.3, 0.4) is 0 Å². The Labute approximate surface area is 199 Å². The lowest BCUT2D eigenvalue weighted by Gasteiger charge is -2.07. The third kappa shape index (κ3) is 4.96. The zero-order chi connectivity index (χ0) is 24.9. The normalized spacial score (nSPS) is 11.6. The van der Waals surface area contributed by atoms with Gasteiger partial charge in [0.25, 0.3) is 11.6 Å². The van der Waals surface area contributed by atoms with Gasteiger partial charge in [0.2, 0.25) is 5.88 Å². The predicted octanol–water partition coefficient (Wildman–Crippen LogP) is 4.87. The quantitative estimate of drug-likeness (QED) is 0.179. The summed E-state index contributed by atoms with van der Waals surface area (Å²) in [5, 5.41) is 32.0. The molecule has 1 heterocycles. The van der Waals surface area contributed by atoms with Crippen molar-refractivity contribution in [3.05, 3.63) is 106 Å². The molecule has 0 saturated heterocycles. The number of amides is 2. The number of hydrogen-bond acceptors (Lipinski definition) is 6. The summed E-state index contributed by atoms with van der Waals surface area (Å²) in [6.07, 6.45) is 1.45. The summed E-state index contributed by atoms with van der Waals surface area (Å²) in [4.78, 5) is 36.3. The average Bonchev–Trinajstić information content (AvgIpc) is 3.11. The van der Waals surface area contributed by atoms with Crippen molar-refractivity contribution in [1.29, 1.82) is 0 Å². The van der Waals surface area contributed by atoms with E-state index in [9.17, 15) is 24.8 Å². The molecule has 0 fully saturated rings. The van der Waals surface area contributed by atoms with E-state index in [0.717, 1.165) is 0 Å². The Kier molecular flexibility index (Phi) is 6.45. The first-order chi connectivity index (χ1) is 16.8. The van der Waals surface area contributed by atoms with E-state index in [1.54, 1.807) is 61.6 Å². The second-order valence-corrected chi connectivity index (χ2v) is 7.48. The monoisotopic (exact) mass is 469 g/mol. The van der Waals surface area contributed by atoms with Crippen LogP contribution in [0.4, 0.5) is 11.4 Å². The molecule has 4 aromatic rings. The van der Waals surface area contributed by atoms with Crippen molar-refractivity contribution in [2.24, 2.45) is 17.3 Å². The van der Waals surface area contributed by atoms with Gasteiger partial charge in [0, 0.05) is 30.1 Å². The highest BCUT2D eigenvalue weighted by atomic mass is 16.6. The summed E-state index contributed by atoms with van der Waals surface area (Å²) in [6.45, 7) is 0. The number of nitrogens with zero attached hydrogens (tertiary/aromatic N) is 4. The van der Waals surface area contributed by atoms with E-state index < -0.39 is 16.7 Å². The molecule has 0 aliphatic heterocycles. The maximum atomic E-state index is 13.0. The zero-order valence-electron chi connectivity index (χ0n) is 18.5. The molecule has 0 atom stereocenters. The summed E-state index contributed by atoms with van der Waals surface area (Å²) in [6, 6.07) is 21.2. The van der Waals surface area contributed by atoms with E-state index in [2.05, 4.69) is 15.5 Å². The van der Waals surface area contributed by atoms with Gasteiger partial charge >= 0.3 is 5.91 Å². The number of fused-ring (bicyclic) bond motifs is 1. The topological polar surface area (TPSA) is 139 Å². The highest BCUT2D eigenvalue weighted by molar-refractivity contribution is 6.05. The fourth-order valence-electron chi connectivity index (χ4n) is 3.41. The lowest BCUT2D eigenvalue weighted by atomic mass is 10.1. The van der Waals surface area contributed by atoms with Gasteiger partial charge in [-0.15, -0.1) is 10.2 Å². The molecule has 35 heavy (non-hydrogen) atoms. The minimum absolute atomic E-state index is 0.104. The van der Waals surface area contributed by atoms with Crippen LogP contribution >= 0.6 is 0 Å². The third-order valence-corrected chi connectivity index (χ3v) is 5.20. The van der Waals surface area contributed by atoms with Gasteiger partial charge in [-0.2, -0.15) is 0 Å². The summed E-state index contributed by atoms with van der Waals surface area (Å²) < 4.78 is 1.37. The van der Waals surface area contributed by atoms with Gasteiger partial charge in [-0.3, -0.25) is 19.7 Å². The Morgan fingerprint density at radius 2 is 1.69 bits per heavy atom. The molecule has 0 saturated carbocycles. The van der Waals surface area contributed by atoms with Crippen LogP contribution < -0.4 is 5.32 Å². The second-order valence-electron chi connectivity index (χ2n) is 7.48. The summed E-state index contributed by atoms with van der Waals surface area (Å²) >= 11 is 0. The SMILES string of the molecule is Cn1c(O)c(N=NC(=O)C(=Cc2ccccc2)NC(=O)c2ccccc2)c2cc([N+](=O)[O-])ccc21. The number of non-ortho nitro benzene ring substituents is 1. The number of nitrogens with one attached hydrogen (secondary N) is 1.